The average molecular weight is 493 g/mol. The summed E-state index contributed by atoms with van der Waals surface area (Å²) in [5.41, 5.74) is 13.7. The molecule has 0 amide bonds. The quantitative estimate of drug-likeness (QED) is 0.142. The van der Waals surface area contributed by atoms with E-state index in [1.54, 1.807) is 12.1 Å². The standard InChI is InChI=1S/C18H25N3.C7H6O.C4H13N3/c1-3-7-17(8-4-1)15-20-13-11-19-12-14-21-16-18-9-5-2-6-10-18;8-6-7-4-2-1-3-5-7;5-1-3-7-4-2-6/h1-10,19-21H,11-16H2;1-6H;7H,1-6H2. The molecule has 0 saturated heterocycles. The minimum absolute atomic E-state index is 0.694. The average Bonchev–Trinajstić information content (AvgIpc) is 2.95. The van der Waals surface area contributed by atoms with Crippen LogP contribution in [0.1, 0.15) is 21.5 Å². The van der Waals surface area contributed by atoms with Gasteiger partial charge in [0.05, 0.1) is 0 Å². The molecule has 3 rings (SSSR count). The lowest BCUT2D eigenvalue weighted by molar-refractivity contribution is 0.112. The zero-order valence-corrected chi connectivity index (χ0v) is 21.4. The fourth-order valence-electron chi connectivity index (χ4n) is 3.00. The molecule has 0 spiro atoms. The van der Waals surface area contributed by atoms with Crippen molar-refractivity contribution in [2.75, 3.05) is 52.4 Å². The van der Waals surface area contributed by atoms with E-state index in [0.29, 0.717) is 13.1 Å². The Kier molecular flexibility index (Phi) is 20.6. The molecule has 0 heterocycles. The van der Waals surface area contributed by atoms with Gasteiger partial charge in [0.15, 0.2) is 0 Å². The first-order chi connectivity index (χ1) is 17.8. The molecule has 0 aliphatic heterocycles. The van der Waals surface area contributed by atoms with Crippen LogP contribution in [0.3, 0.4) is 0 Å². The Morgan fingerprint density at radius 1 is 0.500 bits per heavy atom. The normalized spacial score (nSPS) is 9.94. The van der Waals surface area contributed by atoms with Crippen molar-refractivity contribution in [2.45, 2.75) is 13.1 Å². The minimum Gasteiger partial charge on any atom is -0.329 e. The molecule has 3 aromatic rings. The lowest BCUT2D eigenvalue weighted by Crippen LogP contribution is -2.32. The van der Waals surface area contributed by atoms with E-state index in [9.17, 15) is 4.79 Å². The summed E-state index contributed by atoms with van der Waals surface area (Å²) in [6.07, 6.45) is 0.833. The number of aldehydes is 1. The molecular formula is C29H44N6O. The molecule has 7 nitrogen and oxygen atoms in total. The highest BCUT2D eigenvalue weighted by Crippen LogP contribution is 1.97. The third-order valence-electron chi connectivity index (χ3n) is 4.88. The van der Waals surface area contributed by atoms with Crippen LogP contribution in [0.15, 0.2) is 91.0 Å². The Balaban J connectivity index is 0.000000353. The molecule has 0 aliphatic carbocycles. The van der Waals surface area contributed by atoms with E-state index in [4.69, 9.17) is 11.5 Å². The summed E-state index contributed by atoms with van der Waals surface area (Å²) in [7, 11) is 0. The van der Waals surface area contributed by atoms with Crippen LogP contribution in [0.4, 0.5) is 0 Å². The second-order valence-electron chi connectivity index (χ2n) is 7.93. The van der Waals surface area contributed by atoms with E-state index in [0.717, 1.165) is 64.2 Å². The van der Waals surface area contributed by atoms with E-state index in [2.05, 4.69) is 69.8 Å². The monoisotopic (exact) mass is 492 g/mol. The highest BCUT2D eigenvalue weighted by molar-refractivity contribution is 5.74. The smallest absolute Gasteiger partial charge is 0.150 e. The van der Waals surface area contributed by atoms with Gasteiger partial charge in [0, 0.05) is 71.0 Å². The van der Waals surface area contributed by atoms with Crippen LogP contribution in [0, 0.1) is 0 Å². The molecule has 0 fully saturated rings. The molecule has 0 unspecified atom stereocenters. The van der Waals surface area contributed by atoms with Crippen molar-refractivity contribution < 1.29 is 4.79 Å². The molecule has 0 aliphatic rings. The van der Waals surface area contributed by atoms with Crippen molar-refractivity contribution in [3.05, 3.63) is 108 Å². The second kappa shape index (κ2) is 23.8. The fraction of sp³-hybridized carbons (Fsp3) is 0.345. The summed E-state index contributed by atoms with van der Waals surface area (Å²) < 4.78 is 0. The number of benzene rings is 3. The first-order valence-electron chi connectivity index (χ1n) is 12.6. The minimum atomic E-state index is 0.694. The number of carbonyl (C=O) groups excluding carboxylic acids is 1. The predicted octanol–water partition coefficient (Wildman–Crippen LogP) is 2.15. The van der Waals surface area contributed by atoms with Crippen LogP contribution in [0.25, 0.3) is 0 Å². The fourth-order valence-corrected chi connectivity index (χ4v) is 3.00. The topological polar surface area (TPSA) is 117 Å². The Morgan fingerprint density at radius 3 is 1.22 bits per heavy atom. The van der Waals surface area contributed by atoms with Gasteiger partial charge in [-0.1, -0.05) is 91.0 Å². The lowest BCUT2D eigenvalue weighted by atomic mass is 10.2. The van der Waals surface area contributed by atoms with Gasteiger partial charge in [-0.05, 0) is 11.1 Å². The van der Waals surface area contributed by atoms with Crippen LogP contribution in [-0.4, -0.2) is 58.6 Å². The van der Waals surface area contributed by atoms with Gasteiger partial charge in [-0.25, -0.2) is 0 Å². The molecule has 0 bridgehead atoms. The Hall–Kier alpha value is -2.91. The predicted molar refractivity (Wildman–Crippen MR) is 152 cm³/mol. The van der Waals surface area contributed by atoms with Crippen molar-refractivity contribution in [3.8, 4) is 0 Å². The van der Waals surface area contributed by atoms with E-state index < -0.39 is 0 Å². The van der Waals surface area contributed by atoms with Gasteiger partial charge in [-0.15, -0.1) is 0 Å². The molecule has 0 aromatic heterocycles. The maximum atomic E-state index is 10.0. The summed E-state index contributed by atoms with van der Waals surface area (Å²) in [6.45, 7) is 9.00. The summed E-state index contributed by atoms with van der Waals surface area (Å²) >= 11 is 0. The summed E-state index contributed by atoms with van der Waals surface area (Å²) in [6, 6.07) is 30.1. The molecule has 0 saturated carbocycles. The number of rotatable bonds is 15. The first kappa shape index (κ1) is 31.1. The van der Waals surface area contributed by atoms with Gasteiger partial charge in [-0.3, -0.25) is 4.79 Å². The lowest BCUT2D eigenvalue weighted by Gasteiger charge is -2.08. The molecule has 36 heavy (non-hydrogen) atoms. The number of hydrogen-bond acceptors (Lipinski definition) is 7. The largest absolute Gasteiger partial charge is 0.329 e. The number of nitrogens with one attached hydrogen (secondary N) is 4. The number of nitrogens with two attached hydrogens (primary N) is 2. The summed E-state index contributed by atoms with van der Waals surface area (Å²) in [5, 5.41) is 13.3. The van der Waals surface area contributed by atoms with Crippen LogP contribution in [0.2, 0.25) is 0 Å². The Bertz CT molecular complexity index is 800. The maximum Gasteiger partial charge on any atom is 0.150 e. The first-order valence-corrected chi connectivity index (χ1v) is 12.6. The highest BCUT2D eigenvalue weighted by atomic mass is 16.1. The molecule has 8 N–H and O–H groups in total. The molecule has 3 aromatic carbocycles. The van der Waals surface area contributed by atoms with Crippen LogP contribution < -0.4 is 32.7 Å². The van der Waals surface area contributed by atoms with Gasteiger partial charge in [-0.2, -0.15) is 0 Å². The van der Waals surface area contributed by atoms with Crippen LogP contribution in [-0.2, 0) is 13.1 Å². The van der Waals surface area contributed by atoms with Gasteiger partial charge in [0.1, 0.15) is 6.29 Å². The van der Waals surface area contributed by atoms with Crippen molar-refractivity contribution in [3.63, 3.8) is 0 Å². The van der Waals surface area contributed by atoms with Crippen molar-refractivity contribution in [1.82, 2.24) is 21.3 Å². The summed E-state index contributed by atoms with van der Waals surface area (Å²) in [4.78, 5) is 10.0. The number of carbonyl (C=O) groups is 1. The third-order valence-corrected chi connectivity index (χ3v) is 4.88. The zero-order valence-electron chi connectivity index (χ0n) is 21.4. The second-order valence-corrected chi connectivity index (χ2v) is 7.93. The Morgan fingerprint density at radius 2 is 0.861 bits per heavy atom. The third kappa shape index (κ3) is 18.4. The molecule has 0 radical (unpaired) electrons. The Labute approximate surface area is 217 Å². The molecule has 0 atom stereocenters. The molecule has 196 valence electrons. The van der Waals surface area contributed by atoms with Crippen molar-refractivity contribution in [2.24, 2.45) is 11.5 Å². The van der Waals surface area contributed by atoms with Gasteiger partial charge < -0.3 is 32.7 Å². The SMILES string of the molecule is NCCNCCN.O=Cc1ccccc1.c1ccc(CNCCNCCNCc2ccccc2)cc1. The molecule has 7 heteroatoms. The van der Waals surface area contributed by atoms with Gasteiger partial charge >= 0.3 is 0 Å². The van der Waals surface area contributed by atoms with E-state index in [1.165, 1.54) is 11.1 Å². The van der Waals surface area contributed by atoms with Crippen LogP contribution in [0.5, 0.6) is 0 Å². The molecular weight excluding hydrogens is 448 g/mol. The van der Waals surface area contributed by atoms with Gasteiger partial charge in [0.25, 0.3) is 0 Å². The van der Waals surface area contributed by atoms with E-state index >= 15 is 0 Å². The summed E-state index contributed by atoms with van der Waals surface area (Å²) in [5.74, 6) is 0. The highest BCUT2D eigenvalue weighted by Gasteiger charge is 1.92. The maximum absolute atomic E-state index is 10.0. The zero-order chi connectivity index (χ0) is 25.9. The van der Waals surface area contributed by atoms with Crippen molar-refractivity contribution in [1.29, 1.82) is 0 Å². The van der Waals surface area contributed by atoms with Crippen LogP contribution >= 0.6 is 0 Å². The van der Waals surface area contributed by atoms with Gasteiger partial charge in [0.2, 0.25) is 0 Å². The van der Waals surface area contributed by atoms with E-state index in [-0.39, 0.29) is 0 Å². The number of hydrogen-bond donors (Lipinski definition) is 6. The van der Waals surface area contributed by atoms with E-state index in [1.807, 2.05) is 30.3 Å². The van der Waals surface area contributed by atoms with Crippen molar-refractivity contribution >= 4 is 6.29 Å².